The number of rotatable bonds is 4. The minimum atomic E-state index is -1.05. The fourth-order valence-corrected chi connectivity index (χ4v) is 3.81. The van der Waals surface area contributed by atoms with Gasteiger partial charge in [0.2, 0.25) is 5.91 Å². The number of nitrogens with zero attached hydrogens (tertiary/aromatic N) is 2. The van der Waals surface area contributed by atoms with Gasteiger partial charge in [-0.15, -0.1) is 0 Å². The number of hydrogen-bond acceptors (Lipinski definition) is 4. The maximum atomic E-state index is 12.8. The molecule has 6 heteroatoms. The molecule has 0 aromatic heterocycles. The van der Waals surface area contributed by atoms with Crippen molar-refractivity contribution < 1.29 is 19.5 Å². The van der Waals surface area contributed by atoms with E-state index in [4.69, 9.17) is 9.94 Å². The monoisotopic (exact) mass is 344 g/mol. The number of amides is 1. The second-order valence-corrected chi connectivity index (χ2v) is 7.17. The molecular formula is C19H24N2O4. The Hall–Kier alpha value is -2.37. The van der Waals surface area contributed by atoms with E-state index in [1.807, 2.05) is 12.1 Å². The zero-order valence-electron chi connectivity index (χ0n) is 14.7. The van der Waals surface area contributed by atoms with Gasteiger partial charge in [0.05, 0.1) is 6.54 Å². The van der Waals surface area contributed by atoms with E-state index < -0.39 is 11.6 Å². The van der Waals surface area contributed by atoms with Crippen LogP contribution in [0.2, 0.25) is 0 Å². The van der Waals surface area contributed by atoms with Crippen molar-refractivity contribution in [3.05, 3.63) is 35.4 Å². The van der Waals surface area contributed by atoms with E-state index in [-0.39, 0.29) is 24.0 Å². The van der Waals surface area contributed by atoms with Gasteiger partial charge in [0, 0.05) is 19.4 Å². The van der Waals surface area contributed by atoms with E-state index in [1.165, 1.54) is 11.1 Å². The van der Waals surface area contributed by atoms with Crippen LogP contribution in [0.1, 0.15) is 49.7 Å². The standard InChI is InChI=1S/C19H24N2O4/c1-13-6-3-4-7-15(13)14(2)10-17(22)21-9-5-8-19(12-21)11-16(18(23)24)20-25-19/h3-4,6-7,14H,5,8-12H2,1-2H3,(H,23,24). The first-order chi connectivity index (χ1) is 11.9. The molecular weight excluding hydrogens is 320 g/mol. The first kappa shape index (κ1) is 17.5. The van der Waals surface area contributed by atoms with Gasteiger partial charge in [-0.1, -0.05) is 36.3 Å². The van der Waals surface area contributed by atoms with Crippen molar-refractivity contribution in [3.8, 4) is 0 Å². The number of hydrogen-bond donors (Lipinski definition) is 1. The lowest BCUT2D eigenvalue weighted by atomic mass is 9.87. The number of likely N-dealkylation sites (tertiary alicyclic amines) is 1. The third-order valence-electron chi connectivity index (χ3n) is 5.18. The molecule has 1 aromatic carbocycles. The highest BCUT2D eigenvalue weighted by Crippen LogP contribution is 2.34. The summed E-state index contributed by atoms with van der Waals surface area (Å²) in [6, 6.07) is 8.12. The van der Waals surface area contributed by atoms with Gasteiger partial charge in [-0.3, -0.25) is 4.79 Å². The molecule has 3 rings (SSSR count). The molecule has 1 N–H and O–H groups in total. The third-order valence-corrected chi connectivity index (χ3v) is 5.18. The largest absolute Gasteiger partial charge is 0.477 e. The summed E-state index contributed by atoms with van der Waals surface area (Å²) in [5.41, 5.74) is 1.77. The topological polar surface area (TPSA) is 79.2 Å². The maximum Gasteiger partial charge on any atom is 0.353 e. The average Bonchev–Trinajstić information content (AvgIpc) is 2.99. The smallest absolute Gasteiger partial charge is 0.353 e. The lowest BCUT2D eigenvalue weighted by Gasteiger charge is -2.38. The summed E-state index contributed by atoms with van der Waals surface area (Å²) in [4.78, 5) is 31.1. The van der Waals surface area contributed by atoms with Crippen LogP contribution >= 0.6 is 0 Å². The molecule has 1 spiro atoms. The third kappa shape index (κ3) is 3.67. The van der Waals surface area contributed by atoms with Gasteiger partial charge in [0.25, 0.3) is 0 Å². The minimum absolute atomic E-state index is 0.0441. The second kappa shape index (κ2) is 6.86. The van der Waals surface area contributed by atoms with Crippen molar-refractivity contribution in [2.24, 2.45) is 5.16 Å². The predicted octanol–water partition coefficient (Wildman–Crippen LogP) is 2.71. The first-order valence-corrected chi connectivity index (χ1v) is 8.72. The molecule has 25 heavy (non-hydrogen) atoms. The predicted molar refractivity (Wildman–Crippen MR) is 93.5 cm³/mol. The van der Waals surface area contributed by atoms with Crippen LogP contribution in [0.25, 0.3) is 0 Å². The molecule has 0 bridgehead atoms. The number of benzene rings is 1. The van der Waals surface area contributed by atoms with E-state index in [2.05, 4.69) is 31.1 Å². The molecule has 1 fully saturated rings. The highest BCUT2D eigenvalue weighted by Gasteiger charge is 2.45. The molecule has 2 aliphatic rings. The quantitative estimate of drug-likeness (QED) is 0.911. The van der Waals surface area contributed by atoms with E-state index in [1.54, 1.807) is 4.90 Å². The van der Waals surface area contributed by atoms with Gasteiger partial charge in [0.15, 0.2) is 11.3 Å². The summed E-state index contributed by atoms with van der Waals surface area (Å²) in [5, 5.41) is 12.8. The fourth-order valence-electron chi connectivity index (χ4n) is 3.81. The SMILES string of the molecule is Cc1ccccc1C(C)CC(=O)N1CCCC2(CC(C(=O)O)=NO2)C1. The van der Waals surface area contributed by atoms with Crippen molar-refractivity contribution >= 4 is 17.6 Å². The minimum Gasteiger partial charge on any atom is -0.477 e. The molecule has 0 saturated carbocycles. The number of oxime groups is 1. The highest BCUT2D eigenvalue weighted by atomic mass is 16.7. The first-order valence-electron chi connectivity index (χ1n) is 8.72. The number of carboxylic acids is 1. The van der Waals surface area contributed by atoms with Crippen molar-refractivity contribution in [1.82, 2.24) is 4.90 Å². The van der Waals surface area contributed by atoms with Crippen LogP contribution in [0.15, 0.2) is 29.4 Å². The Morgan fingerprint density at radius 1 is 1.40 bits per heavy atom. The average molecular weight is 344 g/mol. The van der Waals surface area contributed by atoms with E-state index in [0.29, 0.717) is 19.5 Å². The molecule has 2 heterocycles. The summed E-state index contributed by atoms with van der Waals surface area (Å²) in [5.74, 6) is -0.822. The van der Waals surface area contributed by atoms with Crippen LogP contribution in [-0.4, -0.2) is 46.3 Å². The molecule has 1 saturated heterocycles. The Morgan fingerprint density at radius 2 is 2.16 bits per heavy atom. The van der Waals surface area contributed by atoms with Crippen LogP contribution in [-0.2, 0) is 14.4 Å². The van der Waals surface area contributed by atoms with Gasteiger partial charge < -0.3 is 14.8 Å². The van der Waals surface area contributed by atoms with E-state index >= 15 is 0 Å². The van der Waals surface area contributed by atoms with Crippen molar-refractivity contribution in [2.45, 2.75) is 51.0 Å². The van der Waals surface area contributed by atoms with Crippen molar-refractivity contribution in [2.75, 3.05) is 13.1 Å². The zero-order chi connectivity index (χ0) is 18.0. The van der Waals surface area contributed by atoms with Crippen LogP contribution in [0.5, 0.6) is 0 Å². The Bertz CT molecular complexity index is 715. The number of carbonyl (C=O) groups excluding carboxylic acids is 1. The molecule has 2 atom stereocenters. The van der Waals surface area contributed by atoms with Gasteiger partial charge >= 0.3 is 5.97 Å². The number of aryl methyl sites for hydroxylation is 1. The molecule has 1 amide bonds. The lowest BCUT2D eigenvalue weighted by Crippen LogP contribution is -2.50. The molecule has 1 aromatic rings. The normalized spacial score (nSPS) is 23.9. The number of carboxylic acid groups (broad SMARTS) is 1. The highest BCUT2D eigenvalue weighted by molar-refractivity contribution is 6.36. The molecule has 2 unspecified atom stereocenters. The van der Waals surface area contributed by atoms with Crippen LogP contribution in [0.3, 0.4) is 0 Å². The summed E-state index contributed by atoms with van der Waals surface area (Å²) in [6.07, 6.45) is 2.23. The summed E-state index contributed by atoms with van der Waals surface area (Å²) in [7, 11) is 0. The van der Waals surface area contributed by atoms with Crippen LogP contribution in [0, 0.1) is 6.92 Å². The van der Waals surface area contributed by atoms with Gasteiger partial charge in [-0.25, -0.2) is 4.79 Å². The Balaban J connectivity index is 1.63. The zero-order valence-corrected chi connectivity index (χ0v) is 14.7. The van der Waals surface area contributed by atoms with E-state index in [0.717, 1.165) is 12.8 Å². The Labute approximate surface area is 147 Å². The van der Waals surface area contributed by atoms with Crippen LogP contribution < -0.4 is 0 Å². The van der Waals surface area contributed by atoms with Crippen molar-refractivity contribution in [3.63, 3.8) is 0 Å². The summed E-state index contributed by atoms with van der Waals surface area (Å²) in [6.45, 7) is 5.22. The number of aliphatic carboxylic acids is 1. The van der Waals surface area contributed by atoms with Gasteiger partial charge in [-0.05, 0) is 36.8 Å². The molecule has 0 radical (unpaired) electrons. The van der Waals surface area contributed by atoms with Gasteiger partial charge in [-0.2, -0.15) is 0 Å². The second-order valence-electron chi connectivity index (χ2n) is 7.17. The fraction of sp³-hybridized carbons (Fsp3) is 0.526. The summed E-state index contributed by atoms with van der Waals surface area (Å²) < 4.78 is 0. The van der Waals surface area contributed by atoms with Crippen molar-refractivity contribution in [1.29, 1.82) is 0 Å². The number of carbonyl (C=O) groups is 2. The van der Waals surface area contributed by atoms with Crippen LogP contribution in [0.4, 0.5) is 0 Å². The number of piperidine rings is 1. The molecule has 2 aliphatic heterocycles. The molecule has 0 aliphatic carbocycles. The van der Waals surface area contributed by atoms with Gasteiger partial charge in [0.1, 0.15) is 0 Å². The Morgan fingerprint density at radius 3 is 2.84 bits per heavy atom. The molecule has 134 valence electrons. The summed E-state index contributed by atoms with van der Waals surface area (Å²) >= 11 is 0. The molecule has 6 nitrogen and oxygen atoms in total. The maximum absolute atomic E-state index is 12.8. The lowest BCUT2D eigenvalue weighted by molar-refractivity contribution is -0.141. The van der Waals surface area contributed by atoms with E-state index in [9.17, 15) is 9.59 Å². The Kier molecular flexibility index (Phi) is 4.79.